The molecular weight excluding hydrogens is 376 g/mol. The number of urea groups is 1. The van der Waals surface area contributed by atoms with E-state index in [0.29, 0.717) is 25.1 Å². The van der Waals surface area contributed by atoms with Crippen molar-refractivity contribution in [3.8, 4) is 5.88 Å². The molecule has 0 atom stereocenters. The van der Waals surface area contributed by atoms with Crippen molar-refractivity contribution in [1.29, 1.82) is 0 Å². The highest BCUT2D eigenvalue weighted by molar-refractivity contribution is 5.74. The fraction of sp³-hybridized carbons (Fsp3) is 0.667. The van der Waals surface area contributed by atoms with Gasteiger partial charge in [0.15, 0.2) is 0 Å². The third kappa shape index (κ3) is 8.74. The summed E-state index contributed by atoms with van der Waals surface area (Å²) in [6.45, 7) is 4.29. The summed E-state index contributed by atoms with van der Waals surface area (Å²) < 4.78 is 5.75. The number of pyridine rings is 1. The topological polar surface area (TPSA) is 66.5 Å². The number of hydrogen-bond acceptors (Lipinski definition) is 4. The average molecular weight is 415 g/mol. The summed E-state index contributed by atoms with van der Waals surface area (Å²) in [5, 5.41) is 6.02. The van der Waals surface area contributed by atoms with Crippen molar-refractivity contribution in [3.63, 3.8) is 0 Å². The zero-order chi connectivity index (χ0) is 20.9. The van der Waals surface area contributed by atoms with Gasteiger partial charge in [0.2, 0.25) is 5.88 Å². The lowest BCUT2D eigenvalue weighted by molar-refractivity contribution is 0.220. The first-order valence-electron chi connectivity index (χ1n) is 11.8. The Labute approximate surface area is 181 Å². The number of piperidine rings is 1. The highest BCUT2D eigenvalue weighted by atomic mass is 16.5. The van der Waals surface area contributed by atoms with Crippen LogP contribution in [0.5, 0.6) is 5.88 Å². The summed E-state index contributed by atoms with van der Waals surface area (Å²) in [7, 11) is 0. The fourth-order valence-electron chi connectivity index (χ4n) is 4.28. The van der Waals surface area contributed by atoms with Crippen LogP contribution in [0, 0.1) is 0 Å². The first kappa shape index (κ1) is 22.6. The van der Waals surface area contributed by atoms with Gasteiger partial charge in [-0.15, -0.1) is 0 Å². The van der Waals surface area contributed by atoms with Crippen LogP contribution in [-0.2, 0) is 6.54 Å². The van der Waals surface area contributed by atoms with E-state index in [0.717, 1.165) is 19.4 Å². The predicted molar refractivity (Wildman–Crippen MR) is 121 cm³/mol. The minimum Gasteiger partial charge on any atom is -0.473 e. The van der Waals surface area contributed by atoms with Crippen molar-refractivity contribution >= 4 is 6.03 Å². The molecular formula is C24H38N4O2. The quantitative estimate of drug-likeness (QED) is 0.618. The molecule has 1 saturated carbocycles. The molecule has 1 aliphatic carbocycles. The molecule has 1 aromatic rings. The number of likely N-dealkylation sites (tertiary alicyclic amines) is 1. The second-order valence-electron chi connectivity index (χ2n) is 8.52. The molecule has 6 nitrogen and oxygen atoms in total. The van der Waals surface area contributed by atoms with Gasteiger partial charge in [-0.2, -0.15) is 0 Å². The molecule has 0 spiro atoms. The van der Waals surface area contributed by atoms with E-state index < -0.39 is 0 Å². The van der Waals surface area contributed by atoms with Crippen molar-refractivity contribution in [3.05, 3.63) is 36.0 Å². The molecule has 6 heteroatoms. The minimum atomic E-state index is -0.0711. The van der Waals surface area contributed by atoms with Gasteiger partial charge in [0.1, 0.15) is 6.61 Å². The maximum atomic E-state index is 12.1. The third-order valence-electron chi connectivity index (χ3n) is 5.97. The van der Waals surface area contributed by atoms with Crippen LogP contribution in [0.2, 0.25) is 0 Å². The number of ether oxygens (including phenoxy) is 1. The number of carbonyl (C=O) groups is 1. The monoisotopic (exact) mass is 414 g/mol. The Morgan fingerprint density at radius 1 is 1.07 bits per heavy atom. The number of nitrogens with zero attached hydrogens (tertiary/aromatic N) is 2. The molecule has 0 bridgehead atoms. The van der Waals surface area contributed by atoms with E-state index in [1.807, 2.05) is 24.4 Å². The third-order valence-corrected chi connectivity index (χ3v) is 5.97. The Kier molecular flexibility index (Phi) is 10.00. The lowest BCUT2D eigenvalue weighted by Gasteiger charge is -2.26. The van der Waals surface area contributed by atoms with Crippen LogP contribution < -0.4 is 15.4 Å². The number of amides is 2. The molecule has 1 aliphatic heterocycles. The summed E-state index contributed by atoms with van der Waals surface area (Å²) in [6.07, 6.45) is 18.2. The molecule has 0 aromatic carbocycles. The van der Waals surface area contributed by atoms with E-state index in [2.05, 4.69) is 26.6 Å². The summed E-state index contributed by atoms with van der Waals surface area (Å²) in [4.78, 5) is 18.9. The lowest BCUT2D eigenvalue weighted by atomic mass is 9.97. The van der Waals surface area contributed by atoms with Crippen molar-refractivity contribution in [2.75, 3.05) is 26.2 Å². The van der Waals surface area contributed by atoms with E-state index in [1.54, 1.807) is 0 Å². The Morgan fingerprint density at radius 2 is 1.80 bits per heavy atom. The number of rotatable bonds is 8. The number of carbonyl (C=O) groups excluding carboxylic acids is 1. The zero-order valence-electron chi connectivity index (χ0n) is 18.3. The number of aromatic nitrogens is 1. The molecule has 2 amide bonds. The Hall–Kier alpha value is -2.08. The lowest BCUT2D eigenvalue weighted by Crippen LogP contribution is -2.42. The van der Waals surface area contributed by atoms with Crippen LogP contribution in [0.1, 0.15) is 69.8 Å². The van der Waals surface area contributed by atoms with Gasteiger partial charge in [-0.25, -0.2) is 9.78 Å². The van der Waals surface area contributed by atoms with E-state index in [1.165, 1.54) is 70.0 Å². The van der Waals surface area contributed by atoms with Gasteiger partial charge in [0, 0.05) is 31.4 Å². The van der Waals surface area contributed by atoms with Crippen LogP contribution in [0.4, 0.5) is 4.79 Å². The van der Waals surface area contributed by atoms with Crippen LogP contribution in [0.15, 0.2) is 30.5 Å². The van der Waals surface area contributed by atoms with Gasteiger partial charge in [-0.3, -0.25) is 4.90 Å². The van der Waals surface area contributed by atoms with Gasteiger partial charge in [0.25, 0.3) is 0 Å². The summed E-state index contributed by atoms with van der Waals surface area (Å²) >= 11 is 0. The molecule has 2 aliphatic rings. The van der Waals surface area contributed by atoms with E-state index in [4.69, 9.17) is 4.74 Å². The van der Waals surface area contributed by atoms with Gasteiger partial charge >= 0.3 is 6.03 Å². The van der Waals surface area contributed by atoms with Crippen LogP contribution in [0.25, 0.3) is 0 Å². The molecule has 3 rings (SSSR count). The number of nitrogens with one attached hydrogen (secondary N) is 2. The van der Waals surface area contributed by atoms with Gasteiger partial charge in [-0.05, 0) is 56.5 Å². The van der Waals surface area contributed by atoms with Crippen molar-refractivity contribution in [2.45, 2.75) is 76.8 Å². The Morgan fingerprint density at radius 3 is 2.60 bits per heavy atom. The second-order valence-corrected chi connectivity index (χ2v) is 8.52. The molecule has 1 saturated heterocycles. The van der Waals surface area contributed by atoms with Crippen molar-refractivity contribution in [2.24, 2.45) is 0 Å². The minimum absolute atomic E-state index is 0.0711. The molecule has 0 radical (unpaired) electrons. The highest BCUT2D eigenvalue weighted by Crippen LogP contribution is 2.17. The molecule has 166 valence electrons. The Bertz CT molecular complexity index is 650. The fourth-order valence-corrected chi connectivity index (χ4v) is 4.28. The van der Waals surface area contributed by atoms with Crippen LogP contribution in [-0.4, -0.2) is 48.2 Å². The van der Waals surface area contributed by atoms with Crippen molar-refractivity contribution < 1.29 is 9.53 Å². The first-order chi connectivity index (χ1) is 14.8. The summed E-state index contributed by atoms with van der Waals surface area (Å²) in [5.41, 5.74) is 1.25. The van der Waals surface area contributed by atoms with Gasteiger partial charge in [0.05, 0.1) is 0 Å². The molecule has 0 unspecified atom stereocenters. The van der Waals surface area contributed by atoms with Gasteiger partial charge in [-0.1, -0.05) is 44.6 Å². The van der Waals surface area contributed by atoms with Crippen LogP contribution >= 0.6 is 0 Å². The smallest absolute Gasteiger partial charge is 0.315 e. The molecule has 1 aromatic heterocycles. The normalized spacial score (nSPS) is 19.2. The van der Waals surface area contributed by atoms with Crippen LogP contribution in [0.3, 0.4) is 0 Å². The maximum Gasteiger partial charge on any atom is 0.315 e. The predicted octanol–water partition coefficient (Wildman–Crippen LogP) is 4.41. The summed E-state index contributed by atoms with van der Waals surface area (Å²) in [6, 6.07) is 4.35. The standard InChI is InChI=1S/C24H38N4O2/c29-24(27-22-11-5-2-1-3-6-12-22)26-14-7-10-18-30-23-19-21(13-15-25-23)20-28-16-8-4-9-17-28/h7,10,13,15,19,22H,1-6,8-9,11-12,14,16-18,20H2,(H2,26,27,29). The Balaban J connectivity index is 1.30. The van der Waals surface area contributed by atoms with Gasteiger partial charge < -0.3 is 15.4 Å². The average Bonchev–Trinajstić information content (AvgIpc) is 2.73. The maximum absolute atomic E-state index is 12.1. The SMILES string of the molecule is O=C(NCC=CCOc1cc(CN2CCCCC2)ccn1)NC1CCCCCCC1. The van der Waals surface area contributed by atoms with E-state index >= 15 is 0 Å². The molecule has 2 heterocycles. The number of hydrogen-bond donors (Lipinski definition) is 2. The largest absolute Gasteiger partial charge is 0.473 e. The first-order valence-corrected chi connectivity index (χ1v) is 11.8. The zero-order valence-corrected chi connectivity index (χ0v) is 18.3. The molecule has 30 heavy (non-hydrogen) atoms. The highest BCUT2D eigenvalue weighted by Gasteiger charge is 2.13. The van der Waals surface area contributed by atoms with E-state index in [9.17, 15) is 4.79 Å². The molecule has 2 N–H and O–H groups in total. The summed E-state index contributed by atoms with van der Waals surface area (Å²) in [5.74, 6) is 0.657. The van der Waals surface area contributed by atoms with E-state index in [-0.39, 0.29) is 6.03 Å². The van der Waals surface area contributed by atoms with Crippen molar-refractivity contribution in [1.82, 2.24) is 20.5 Å². The second kappa shape index (κ2) is 13.3. The molecule has 2 fully saturated rings.